The van der Waals surface area contributed by atoms with Gasteiger partial charge in [-0.25, -0.2) is 9.71 Å². The van der Waals surface area contributed by atoms with Gasteiger partial charge in [0.15, 0.2) is 0 Å². The molecule has 0 radical (unpaired) electrons. The first-order chi connectivity index (χ1) is 10.9. The largest absolute Gasteiger partial charge is 0.341 e. The third-order valence-corrected chi connectivity index (χ3v) is 5.71. The van der Waals surface area contributed by atoms with Crippen LogP contribution >= 0.6 is 0 Å². The summed E-state index contributed by atoms with van der Waals surface area (Å²) in [4.78, 5) is 10.2. The quantitative estimate of drug-likeness (QED) is 0.816. The molecule has 8 heteroatoms. The van der Waals surface area contributed by atoms with Gasteiger partial charge in [-0.05, 0) is 31.0 Å². The fraction of sp³-hybridized carbons (Fsp3) is 0.533. The molecule has 1 aliphatic heterocycles. The average Bonchev–Trinajstić information content (AvgIpc) is 3.11. The second-order valence-corrected chi connectivity index (χ2v) is 8.20. The molecule has 2 heterocycles. The van der Waals surface area contributed by atoms with Gasteiger partial charge < -0.3 is 4.98 Å². The smallest absolute Gasteiger partial charge is 0.278 e. The molecule has 0 saturated carbocycles. The highest BCUT2D eigenvalue weighted by Crippen LogP contribution is 2.19. The standard InChI is InChI=1S/C15H23N5O2S/c1-19(2)23(21,22)16-9-12-7-8-20(10-12)11-15-17-13-5-3-4-6-14(13)18-15/h3-6,12,16H,7-11H2,1-2H3,(H,17,18)/t12-/m0/s1. The number of H-pyrrole nitrogens is 1. The molecular formula is C15H23N5O2S. The minimum Gasteiger partial charge on any atom is -0.341 e. The zero-order valence-electron chi connectivity index (χ0n) is 13.5. The second kappa shape index (κ2) is 6.56. The number of hydrogen-bond donors (Lipinski definition) is 2. The Morgan fingerprint density at radius 2 is 2.17 bits per heavy atom. The summed E-state index contributed by atoms with van der Waals surface area (Å²) < 4.78 is 27.3. The van der Waals surface area contributed by atoms with Crippen LogP contribution < -0.4 is 4.72 Å². The highest BCUT2D eigenvalue weighted by atomic mass is 32.2. The Morgan fingerprint density at radius 1 is 1.39 bits per heavy atom. The van der Waals surface area contributed by atoms with E-state index in [0.29, 0.717) is 12.5 Å². The Balaban J connectivity index is 1.53. The van der Waals surface area contributed by atoms with Gasteiger partial charge in [-0.1, -0.05) is 12.1 Å². The minimum atomic E-state index is -3.33. The molecular weight excluding hydrogens is 314 g/mol. The molecule has 0 aliphatic carbocycles. The van der Waals surface area contributed by atoms with Crippen LogP contribution in [0.2, 0.25) is 0 Å². The lowest BCUT2D eigenvalue weighted by Gasteiger charge is -2.16. The molecule has 1 saturated heterocycles. The Labute approximate surface area is 136 Å². The summed E-state index contributed by atoms with van der Waals surface area (Å²) >= 11 is 0. The average molecular weight is 337 g/mol. The van der Waals surface area contributed by atoms with E-state index in [0.717, 1.165) is 42.9 Å². The number of nitrogens with zero attached hydrogens (tertiary/aromatic N) is 3. The van der Waals surface area contributed by atoms with Crippen LogP contribution in [0.3, 0.4) is 0 Å². The van der Waals surface area contributed by atoms with E-state index in [1.807, 2.05) is 24.3 Å². The van der Waals surface area contributed by atoms with Crippen molar-refractivity contribution in [3.05, 3.63) is 30.1 Å². The molecule has 1 atom stereocenters. The van der Waals surface area contributed by atoms with Crippen LogP contribution in [0, 0.1) is 5.92 Å². The Bertz CT molecular complexity index is 738. The van der Waals surface area contributed by atoms with Gasteiger partial charge in [-0.3, -0.25) is 4.90 Å². The number of para-hydroxylation sites is 2. The van der Waals surface area contributed by atoms with E-state index in [9.17, 15) is 8.42 Å². The van der Waals surface area contributed by atoms with E-state index < -0.39 is 10.2 Å². The van der Waals surface area contributed by atoms with Crippen molar-refractivity contribution in [3.8, 4) is 0 Å². The van der Waals surface area contributed by atoms with E-state index in [-0.39, 0.29) is 0 Å². The van der Waals surface area contributed by atoms with Gasteiger partial charge in [-0.2, -0.15) is 12.7 Å². The number of aromatic nitrogens is 2. The molecule has 3 rings (SSSR count). The van der Waals surface area contributed by atoms with Crippen LogP contribution in [-0.2, 0) is 16.8 Å². The summed E-state index contributed by atoms with van der Waals surface area (Å²) in [7, 11) is -0.268. The maximum absolute atomic E-state index is 11.7. The maximum Gasteiger partial charge on any atom is 0.278 e. The van der Waals surface area contributed by atoms with Crippen molar-refractivity contribution in [2.75, 3.05) is 33.7 Å². The number of nitrogens with one attached hydrogen (secondary N) is 2. The molecule has 126 valence electrons. The second-order valence-electron chi connectivity index (χ2n) is 6.23. The van der Waals surface area contributed by atoms with Crippen molar-refractivity contribution < 1.29 is 8.42 Å². The molecule has 2 N–H and O–H groups in total. The summed E-state index contributed by atoms with van der Waals surface area (Å²) in [5.74, 6) is 1.30. The van der Waals surface area contributed by atoms with Gasteiger partial charge in [0, 0.05) is 27.2 Å². The molecule has 7 nitrogen and oxygen atoms in total. The first-order valence-corrected chi connectivity index (χ1v) is 9.21. The van der Waals surface area contributed by atoms with Gasteiger partial charge in [0.25, 0.3) is 10.2 Å². The molecule has 0 unspecified atom stereocenters. The van der Waals surface area contributed by atoms with Crippen LogP contribution in [-0.4, -0.2) is 61.3 Å². The molecule has 0 bridgehead atoms. The number of rotatable bonds is 6. The summed E-state index contributed by atoms with van der Waals surface area (Å²) in [5.41, 5.74) is 2.04. The number of imidazole rings is 1. The number of benzene rings is 1. The molecule has 1 aromatic carbocycles. The van der Waals surface area contributed by atoms with E-state index in [1.165, 1.54) is 18.4 Å². The summed E-state index contributed by atoms with van der Waals surface area (Å²) in [6.07, 6.45) is 0.996. The fourth-order valence-corrected chi connectivity index (χ4v) is 3.57. The van der Waals surface area contributed by atoms with E-state index in [4.69, 9.17) is 0 Å². The predicted octanol–water partition coefficient (Wildman–Crippen LogP) is 0.781. The fourth-order valence-electron chi connectivity index (χ4n) is 2.87. The lowest BCUT2D eigenvalue weighted by atomic mass is 10.1. The van der Waals surface area contributed by atoms with E-state index in [1.54, 1.807) is 0 Å². The van der Waals surface area contributed by atoms with Crippen LogP contribution in [0.1, 0.15) is 12.2 Å². The number of aromatic amines is 1. The number of fused-ring (bicyclic) bond motifs is 1. The zero-order valence-corrected chi connectivity index (χ0v) is 14.3. The number of hydrogen-bond acceptors (Lipinski definition) is 4. The molecule has 2 aromatic rings. The molecule has 1 aliphatic rings. The monoisotopic (exact) mass is 337 g/mol. The highest BCUT2D eigenvalue weighted by molar-refractivity contribution is 7.87. The first-order valence-electron chi connectivity index (χ1n) is 7.77. The van der Waals surface area contributed by atoms with Crippen molar-refractivity contribution in [1.82, 2.24) is 23.9 Å². The summed E-state index contributed by atoms with van der Waals surface area (Å²) in [6.45, 7) is 3.10. The van der Waals surface area contributed by atoms with Crippen LogP contribution in [0.25, 0.3) is 11.0 Å². The van der Waals surface area contributed by atoms with Crippen molar-refractivity contribution in [2.24, 2.45) is 5.92 Å². The van der Waals surface area contributed by atoms with Gasteiger partial charge in [-0.15, -0.1) is 0 Å². The minimum absolute atomic E-state index is 0.342. The summed E-state index contributed by atoms with van der Waals surface area (Å²) in [5, 5.41) is 0. The van der Waals surface area contributed by atoms with Crippen molar-refractivity contribution in [1.29, 1.82) is 0 Å². The third-order valence-electron chi connectivity index (χ3n) is 4.22. The first kappa shape index (κ1) is 16.4. The SMILES string of the molecule is CN(C)S(=O)(=O)NC[C@@H]1CCN(Cc2nc3ccccc3[nH]2)C1. The lowest BCUT2D eigenvalue weighted by molar-refractivity contribution is 0.309. The zero-order chi connectivity index (χ0) is 16.4. The molecule has 0 spiro atoms. The molecule has 23 heavy (non-hydrogen) atoms. The van der Waals surface area contributed by atoms with Crippen molar-refractivity contribution in [2.45, 2.75) is 13.0 Å². The highest BCUT2D eigenvalue weighted by Gasteiger charge is 2.25. The van der Waals surface area contributed by atoms with Crippen LogP contribution in [0.4, 0.5) is 0 Å². The van der Waals surface area contributed by atoms with E-state index in [2.05, 4.69) is 19.6 Å². The van der Waals surface area contributed by atoms with Crippen LogP contribution in [0.5, 0.6) is 0 Å². The van der Waals surface area contributed by atoms with Gasteiger partial charge in [0.2, 0.25) is 0 Å². The predicted molar refractivity (Wildman–Crippen MR) is 90.1 cm³/mol. The third kappa shape index (κ3) is 3.89. The Kier molecular flexibility index (Phi) is 4.67. The maximum atomic E-state index is 11.7. The van der Waals surface area contributed by atoms with E-state index >= 15 is 0 Å². The lowest BCUT2D eigenvalue weighted by Crippen LogP contribution is -2.38. The number of likely N-dealkylation sites (tertiary alicyclic amines) is 1. The van der Waals surface area contributed by atoms with Gasteiger partial charge in [0.05, 0.1) is 17.6 Å². The Hall–Kier alpha value is -1.48. The normalized spacial score (nSPS) is 19.9. The molecule has 1 aromatic heterocycles. The Morgan fingerprint density at radius 3 is 2.91 bits per heavy atom. The molecule has 0 amide bonds. The van der Waals surface area contributed by atoms with Crippen molar-refractivity contribution >= 4 is 21.2 Å². The van der Waals surface area contributed by atoms with Gasteiger partial charge >= 0.3 is 0 Å². The summed E-state index contributed by atoms with van der Waals surface area (Å²) in [6, 6.07) is 8.00. The topological polar surface area (TPSA) is 81.3 Å². The van der Waals surface area contributed by atoms with Crippen molar-refractivity contribution in [3.63, 3.8) is 0 Å². The van der Waals surface area contributed by atoms with Gasteiger partial charge in [0.1, 0.15) is 5.82 Å². The van der Waals surface area contributed by atoms with Crippen LogP contribution in [0.15, 0.2) is 24.3 Å². The molecule has 1 fully saturated rings.